The zero-order valence-electron chi connectivity index (χ0n) is 16.2. The molecular formula is C20H26N2O4S. The van der Waals surface area contributed by atoms with Crippen LogP contribution in [0.1, 0.15) is 25.0 Å². The Balaban J connectivity index is 2.14. The molecule has 0 aromatic heterocycles. The second-order valence-corrected chi connectivity index (χ2v) is 8.11. The maximum Gasteiger partial charge on any atom is 0.262 e. The van der Waals surface area contributed by atoms with Gasteiger partial charge in [-0.1, -0.05) is 38.1 Å². The Morgan fingerprint density at radius 2 is 1.70 bits per heavy atom. The third-order valence-electron chi connectivity index (χ3n) is 4.28. The first-order valence-electron chi connectivity index (χ1n) is 8.88. The number of sulfonamides is 1. The third-order valence-corrected chi connectivity index (χ3v) is 6.32. The minimum Gasteiger partial charge on any atom is -0.483 e. The van der Waals surface area contributed by atoms with E-state index in [0.29, 0.717) is 24.5 Å². The summed E-state index contributed by atoms with van der Waals surface area (Å²) < 4.78 is 32.3. The first-order chi connectivity index (χ1) is 12.8. The van der Waals surface area contributed by atoms with E-state index in [2.05, 4.69) is 5.32 Å². The molecule has 2 aromatic carbocycles. The van der Waals surface area contributed by atoms with Crippen LogP contribution in [-0.4, -0.2) is 38.3 Å². The van der Waals surface area contributed by atoms with Gasteiger partial charge in [0, 0.05) is 18.8 Å². The molecule has 0 aliphatic heterocycles. The van der Waals surface area contributed by atoms with Crippen LogP contribution in [0.25, 0.3) is 0 Å². The monoisotopic (exact) mass is 390 g/mol. The number of nitrogens with zero attached hydrogens (tertiary/aromatic N) is 1. The summed E-state index contributed by atoms with van der Waals surface area (Å²) >= 11 is 0. The van der Waals surface area contributed by atoms with Gasteiger partial charge in [0.05, 0.1) is 4.90 Å². The van der Waals surface area contributed by atoms with Gasteiger partial charge in [0.1, 0.15) is 5.75 Å². The second-order valence-electron chi connectivity index (χ2n) is 6.17. The molecule has 0 aliphatic rings. The van der Waals surface area contributed by atoms with Gasteiger partial charge < -0.3 is 10.1 Å². The SMILES string of the molecule is CCN(CC)S(=O)(=O)c1ccc(C)c(NC(=O)COc2ccccc2C)c1. The van der Waals surface area contributed by atoms with Crippen LogP contribution in [0.2, 0.25) is 0 Å². The van der Waals surface area contributed by atoms with Crippen LogP contribution >= 0.6 is 0 Å². The Hall–Kier alpha value is -2.38. The van der Waals surface area contributed by atoms with Crippen LogP contribution in [0.15, 0.2) is 47.4 Å². The van der Waals surface area contributed by atoms with Gasteiger partial charge in [-0.15, -0.1) is 0 Å². The number of nitrogens with one attached hydrogen (secondary N) is 1. The van der Waals surface area contributed by atoms with Crippen LogP contribution in [0.5, 0.6) is 5.75 Å². The van der Waals surface area contributed by atoms with Gasteiger partial charge in [0.25, 0.3) is 5.91 Å². The van der Waals surface area contributed by atoms with Gasteiger partial charge in [0.15, 0.2) is 6.61 Å². The maximum absolute atomic E-state index is 12.7. The molecule has 7 heteroatoms. The molecule has 0 fully saturated rings. The molecule has 0 saturated heterocycles. The molecule has 1 N–H and O–H groups in total. The standard InChI is InChI=1S/C20H26N2O4S/c1-5-22(6-2)27(24,25)17-12-11-15(3)18(13-17)21-20(23)14-26-19-10-8-7-9-16(19)4/h7-13H,5-6,14H2,1-4H3,(H,21,23). The Bertz CT molecular complexity index is 906. The summed E-state index contributed by atoms with van der Waals surface area (Å²) in [6, 6.07) is 12.2. The summed E-state index contributed by atoms with van der Waals surface area (Å²) in [7, 11) is -3.59. The molecule has 146 valence electrons. The minimum atomic E-state index is -3.59. The van der Waals surface area contributed by atoms with E-state index in [1.807, 2.05) is 32.0 Å². The summed E-state index contributed by atoms with van der Waals surface area (Å²) in [6.45, 7) is 7.92. The highest BCUT2D eigenvalue weighted by Crippen LogP contribution is 2.23. The van der Waals surface area contributed by atoms with E-state index in [1.54, 1.807) is 32.0 Å². The van der Waals surface area contributed by atoms with E-state index in [9.17, 15) is 13.2 Å². The van der Waals surface area contributed by atoms with Crippen LogP contribution in [0, 0.1) is 13.8 Å². The molecule has 2 rings (SSSR count). The van der Waals surface area contributed by atoms with Gasteiger partial charge in [-0.05, 0) is 43.2 Å². The van der Waals surface area contributed by atoms with Crippen LogP contribution in [0.4, 0.5) is 5.69 Å². The van der Waals surface area contributed by atoms with Gasteiger partial charge in [-0.2, -0.15) is 4.31 Å². The van der Waals surface area contributed by atoms with Crippen molar-refractivity contribution in [2.45, 2.75) is 32.6 Å². The van der Waals surface area contributed by atoms with Crippen molar-refractivity contribution < 1.29 is 17.9 Å². The summed E-state index contributed by atoms with van der Waals surface area (Å²) in [5, 5.41) is 2.74. The molecule has 0 radical (unpaired) electrons. The second kappa shape index (κ2) is 9.01. The molecule has 0 unspecified atom stereocenters. The molecule has 0 atom stereocenters. The topological polar surface area (TPSA) is 75.7 Å². The molecule has 1 amide bonds. The number of aryl methyl sites for hydroxylation is 2. The molecule has 0 heterocycles. The maximum atomic E-state index is 12.7. The zero-order valence-corrected chi connectivity index (χ0v) is 17.0. The number of rotatable bonds is 8. The minimum absolute atomic E-state index is 0.155. The van der Waals surface area contributed by atoms with Crippen molar-refractivity contribution in [1.29, 1.82) is 0 Å². The van der Waals surface area contributed by atoms with E-state index >= 15 is 0 Å². The number of carbonyl (C=O) groups is 1. The van der Waals surface area contributed by atoms with Gasteiger partial charge in [0.2, 0.25) is 10.0 Å². The molecule has 0 saturated carbocycles. The van der Waals surface area contributed by atoms with Crippen molar-refractivity contribution in [3.8, 4) is 5.75 Å². The fourth-order valence-corrected chi connectivity index (χ4v) is 4.14. The van der Waals surface area contributed by atoms with Crippen LogP contribution < -0.4 is 10.1 Å². The highest BCUT2D eigenvalue weighted by atomic mass is 32.2. The van der Waals surface area contributed by atoms with Crippen molar-refractivity contribution in [3.63, 3.8) is 0 Å². The lowest BCUT2D eigenvalue weighted by Crippen LogP contribution is -2.30. The van der Waals surface area contributed by atoms with Crippen molar-refractivity contribution in [3.05, 3.63) is 53.6 Å². The molecule has 0 bridgehead atoms. The average molecular weight is 391 g/mol. The van der Waals surface area contributed by atoms with Gasteiger partial charge in [-0.25, -0.2) is 8.42 Å². The number of ether oxygens (including phenoxy) is 1. The van der Waals surface area contributed by atoms with E-state index in [0.717, 1.165) is 11.1 Å². The number of para-hydroxylation sites is 1. The van der Waals surface area contributed by atoms with Crippen LogP contribution in [-0.2, 0) is 14.8 Å². The number of anilines is 1. The zero-order chi connectivity index (χ0) is 20.0. The summed E-state index contributed by atoms with van der Waals surface area (Å²) in [5.74, 6) is 0.293. The Morgan fingerprint density at radius 3 is 2.33 bits per heavy atom. The number of hydrogen-bond acceptors (Lipinski definition) is 4. The summed E-state index contributed by atoms with van der Waals surface area (Å²) in [6.07, 6.45) is 0. The number of amides is 1. The Labute approximate surface area is 161 Å². The lowest BCUT2D eigenvalue weighted by Gasteiger charge is -2.19. The van der Waals surface area contributed by atoms with Crippen molar-refractivity contribution in [2.75, 3.05) is 25.0 Å². The predicted molar refractivity (Wildman–Crippen MR) is 107 cm³/mol. The quantitative estimate of drug-likeness (QED) is 0.750. The third kappa shape index (κ3) is 5.08. The van der Waals surface area contributed by atoms with E-state index < -0.39 is 10.0 Å². The van der Waals surface area contributed by atoms with Gasteiger partial charge in [-0.3, -0.25) is 4.79 Å². The normalized spacial score (nSPS) is 11.4. The number of hydrogen-bond donors (Lipinski definition) is 1. The highest BCUT2D eigenvalue weighted by Gasteiger charge is 2.22. The molecule has 27 heavy (non-hydrogen) atoms. The predicted octanol–water partition coefficient (Wildman–Crippen LogP) is 3.35. The van der Waals surface area contributed by atoms with Gasteiger partial charge >= 0.3 is 0 Å². The highest BCUT2D eigenvalue weighted by molar-refractivity contribution is 7.89. The lowest BCUT2D eigenvalue weighted by molar-refractivity contribution is -0.118. The summed E-state index contributed by atoms with van der Waals surface area (Å²) in [5.41, 5.74) is 2.17. The number of carbonyl (C=O) groups excluding carboxylic acids is 1. The van der Waals surface area contributed by atoms with E-state index in [-0.39, 0.29) is 17.4 Å². The van der Waals surface area contributed by atoms with E-state index in [1.165, 1.54) is 10.4 Å². The largest absolute Gasteiger partial charge is 0.483 e. The first-order valence-corrected chi connectivity index (χ1v) is 10.3. The first kappa shape index (κ1) is 20.9. The Kier molecular flexibility index (Phi) is 6.98. The van der Waals surface area contributed by atoms with Crippen molar-refractivity contribution in [2.24, 2.45) is 0 Å². The fourth-order valence-electron chi connectivity index (χ4n) is 2.66. The summed E-state index contributed by atoms with van der Waals surface area (Å²) in [4.78, 5) is 12.4. The average Bonchev–Trinajstić information content (AvgIpc) is 2.63. The Morgan fingerprint density at radius 1 is 1.04 bits per heavy atom. The molecule has 6 nitrogen and oxygen atoms in total. The molecule has 0 spiro atoms. The number of benzene rings is 2. The lowest BCUT2D eigenvalue weighted by atomic mass is 10.2. The smallest absolute Gasteiger partial charge is 0.262 e. The van der Waals surface area contributed by atoms with Crippen LogP contribution in [0.3, 0.4) is 0 Å². The fraction of sp³-hybridized carbons (Fsp3) is 0.350. The van der Waals surface area contributed by atoms with E-state index in [4.69, 9.17) is 4.74 Å². The molecular weight excluding hydrogens is 364 g/mol. The van der Waals surface area contributed by atoms with Crippen molar-refractivity contribution >= 4 is 21.6 Å². The van der Waals surface area contributed by atoms with Crippen molar-refractivity contribution in [1.82, 2.24) is 4.31 Å². The molecule has 0 aliphatic carbocycles. The molecule has 2 aromatic rings.